The lowest BCUT2D eigenvalue weighted by molar-refractivity contribution is -0.385. The van der Waals surface area contributed by atoms with Gasteiger partial charge >= 0.3 is 0 Å². The van der Waals surface area contributed by atoms with Gasteiger partial charge in [-0.05, 0) is 6.07 Å². The molecule has 1 N–H and O–H groups in total. The molecule has 8 heteroatoms. The largest absolute Gasteiger partial charge is 0.287 e. The molecule has 14 heavy (non-hydrogen) atoms. The fourth-order valence-corrected chi connectivity index (χ4v) is 1.25. The number of aromatic nitrogens is 1. The van der Waals surface area contributed by atoms with Crippen LogP contribution in [-0.2, 0) is 10.0 Å². The summed E-state index contributed by atoms with van der Waals surface area (Å²) in [7, 11) is -3.39. The van der Waals surface area contributed by atoms with Gasteiger partial charge in [-0.2, -0.15) is 0 Å². The first-order chi connectivity index (χ1) is 6.38. The van der Waals surface area contributed by atoms with Crippen LogP contribution >= 0.6 is 0 Å². The highest BCUT2D eigenvalue weighted by Crippen LogP contribution is 2.12. The van der Waals surface area contributed by atoms with E-state index in [1.54, 1.807) is 0 Å². The molecule has 1 heterocycles. The smallest absolute Gasteiger partial charge is 0.268 e. The van der Waals surface area contributed by atoms with Crippen molar-refractivity contribution in [1.29, 1.82) is 0 Å². The fraction of sp³-hybridized carbons (Fsp3) is 0.167. The van der Waals surface area contributed by atoms with Crippen LogP contribution in [0.15, 0.2) is 18.3 Å². The van der Waals surface area contributed by atoms with Crippen molar-refractivity contribution in [1.82, 2.24) is 4.98 Å². The lowest BCUT2D eigenvalue weighted by Crippen LogP contribution is -2.10. The molecule has 0 aliphatic carbocycles. The van der Waals surface area contributed by atoms with Gasteiger partial charge in [0.15, 0.2) is 0 Å². The third-order valence-corrected chi connectivity index (χ3v) is 1.83. The average Bonchev–Trinajstić information content (AvgIpc) is 2.02. The van der Waals surface area contributed by atoms with Gasteiger partial charge in [0, 0.05) is 6.07 Å². The number of hydrogen-bond donors (Lipinski definition) is 1. The SMILES string of the molecule is CS(=O)(=O)Nc1ccc([N+](=O)[O-])cn1. The predicted molar refractivity (Wildman–Crippen MR) is 49.4 cm³/mol. The minimum Gasteiger partial charge on any atom is -0.268 e. The monoisotopic (exact) mass is 217 g/mol. The van der Waals surface area contributed by atoms with E-state index in [0.717, 1.165) is 12.5 Å². The van der Waals surface area contributed by atoms with Gasteiger partial charge in [0.05, 0.1) is 11.2 Å². The molecule has 0 spiro atoms. The number of sulfonamides is 1. The summed E-state index contributed by atoms with van der Waals surface area (Å²) in [4.78, 5) is 13.2. The van der Waals surface area contributed by atoms with Crippen molar-refractivity contribution >= 4 is 21.5 Å². The molecule has 0 bridgehead atoms. The zero-order chi connectivity index (χ0) is 10.8. The zero-order valence-electron chi connectivity index (χ0n) is 7.17. The summed E-state index contributed by atoms with van der Waals surface area (Å²) in [5.74, 6) is 0.0538. The molecule has 0 fully saturated rings. The van der Waals surface area contributed by atoms with Gasteiger partial charge in [-0.3, -0.25) is 14.8 Å². The van der Waals surface area contributed by atoms with Gasteiger partial charge in [-0.15, -0.1) is 0 Å². The zero-order valence-corrected chi connectivity index (χ0v) is 7.98. The van der Waals surface area contributed by atoms with Crippen LogP contribution in [0.4, 0.5) is 11.5 Å². The number of hydrogen-bond acceptors (Lipinski definition) is 5. The van der Waals surface area contributed by atoms with Crippen molar-refractivity contribution in [3.8, 4) is 0 Å². The van der Waals surface area contributed by atoms with Crippen LogP contribution in [0, 0.1) is 10.1 Å². The number of pyridine rings is 1. The maximum Gasteiger partial charge on any atom is 0.287 e. The summed E-state index contributed by atoms with van der Waals surface area (Å²) in [5, 5.41) is 10.2. The molecule has 0 aliphatic heterocycles. The van der Waals surface area contributed by atoms with Crippen LogP contribution in [0.2, 0.25) is 0 Å². The minimum absolute atomic E-state index is 0.0538. The van der Waals surface area contributed by atoms with Crippen LogP contribution in [0.1, 0.15) is 0 Å². The van der Waals surface area contributed by atoms with Crippen molar-refractivity contribution in [3.63, 3.8) is 0 Å². The molecule has 1 rings (SSSR count). The van der Waals surface area contributed by atoms with Crippen molar-refractivity contribution in [3.05, 3.63) is 28.4 Å². The van der Waals surface area contributed by atoms with Gasteiger partial charge in [0.2, 0.25) is 10.0 Å². The van der Waals surface area contributed by atoms with E-state index in [1.807, 2.05) is 0 Å². The van der Waals surface area contributed by atoms with Gasteiger partial charge in [0.1, 0.15) is 12.0 Å². The summed E-state index contributed by atoms with van der Waals surface area (Å²) < 4.78 is 23.6. The maximum absolute atomic E-state index is 10.7. The third-order valence-electron chi connectivity index (χ3n) is 1.25. The van der Waals surface area contributed by atoms with Gasteiger partial charge in [-0.1, -0.05) is 0 Å². The van der Waals surface area contributed by atoms with Gasteiger partial charge < -0.3 is 0 Å². The Hall–Kier alpha value is -1.70. The van der Waals surface area contributed by atoms with Crippen molar-refractivity contribution < 1.29 is 13.3 Å². The topological polar surface area (TPSA) is 102 Å². The van der Waals surface area contributed by atoms with E-state index >= 15 is 0 Å². The van der Waals surface area contributed by atoms with E-state index in [9.17, 15) is 18.5 Å². The number of anilines is 1. The van der Waals surface area contributed by atoms with E-state index in [0.29, 0.717) is 0 Å². The number of nitro groups is 1. The van der Waals surface area contributed by atoms with Crippen LogP contribution in [0.5, 0.6) is 0 Å². The fourth-order valence-electron chi connectivity index (χ4n) is 0.744. The average molecular weight is 217 g/mol. The quantitative estimate of drug-likeness (QED) is 0.581. The number of nitrogens with zero attached hydrogens (tertiary/aromatic N) is 2. The third kappa shape index (κ3) is 2.98. The Labute approximate surface area is 80.0 Å². The summed E-state index contributed by atoms with van der Waals surface area (Å²) in [6.45, 7) is 0. The highest BCUT2D eigenvalue weighted by molar-refractivity contribution is 7.92. The molecule has 0 aliphatic rings. The molecular weight excluding hydrogens is 210 g/mol. The Morgan fingerprint density at radius 3 is 2.50 bits per heavy atom. The molecule has 1 aromatic rings. The van der Waals surface area contributed by atoms with Crippen LogP contribution in [0.25, 0.3) is 0 Å². The van der Waals surface area contributed by atoms with Crippen molar-refractivity contribution in [2.45, 2.75) is 0 Å². The second-order valence-corrected chi connectivity index (χ2v) is 4.28. The maximum atomic E-state index is 10.7. The minimum atomic E-state index is -3.39. The highest BCUT2D eigenvalue weighted by Gasteiger charge is 2.07. The van der Waals surface area contributed by atoms with E-state index in [4.69, 9.17) is 0 Å². The Kier molecular flexibility index (Phi) is 2.65. The van der Waals surface area contributed by atoms with Crippen LogP contribution < -0.4 is 4.72 Å². The second-order valence-electron chi connectivity index (χ2n) is 2.53. The molecule has 0 aromatic carbocycles. The summed E-state index contributed by atoms with van der Waals surface area (Å²) >= 11 is 0. The van der Waals surface area contributed by atoms with E-state index in [-0.39, 0.29) is 11.5 Å². The summed E-state index contributed by atoms with van der Waals surface area (Å²) in [6.07, 6.45) is 1.95. The molecular formula is C6H7N3O4S. The molecule has 0 atom stereocenters. The lowest BCUT2D eigenvalue weighted by atomic mass is 10.4. The molecule has 7 nitrogen and oxygen atoms in total. The molecule has 0 saturated heterocycles. The molecule has 0 saturated carbocycles. The first kappa shape index (κ1) is 10.4. The second kappa shape index (κ2) is 3.58. The standard InChI is InChI=1S/C6H7N3O4S/c1-14(12,13)8-6-3-2-5(4-7-6)9(10)11/h2-4H,1H3,(H,7,8). The number of rotatable bonds is 3. The van der Waals surface area contributed by atoms with Crippen LogP contribution in [-0.4, -0.2) is 24.6 Å². The van der Waals surface area contributed by atoms with Crippen molar-refractivity contribution in [2.75, 3.05) is 11.0 Å². The van der Waals surface area contributed by atoms with Crippen LogP contribution in [0.3, 0.4) is 0 Å². The normalized spacial score (nSPS) is 10.9. The Morgan fingerprint density at radius 2 is 2.14 bits per heavy atom. The summed E-state index contributed by atoms with van der Waals surface area (Å²) in [6, 6.07) is 2.39. The highest BCUT2D eigenvalue weighted by atomic mass is 32.2. The first-order valence-corrected chi connectivity index (χ1v) is 5.36. The molecule has 76 valence electrons. The van der Waals surface area contributed by atoms with Crippen molar-refractivity contribution in [2.24, 2.45) is 0 Å². The lowest BCUT2D eigenvalue weighted by Gasteiger charge is -2.00. The Morgan fingerprint density at radius 1 is 1.50 bits per heavy atom. The Balaban J connectivity index is 2.90. The van der Waals surface area contributed by atoms with E-state index < -0.39 is 14.9 Å². The van der Waals surface area contributed by atoms with E-state index in [1.165, 1.54) is 12.1 Å². The van der Waals surface area contributed by atoms with Gasteiger partial charge in [-0.25, -0.2) is 13.4 Å². The molecule has 1 aromatic heterocycles. The Bertz CT molecular complexity index is 439. The van der Waals surface area contributed by atoms with E-state index in [2.05, 4.69) is 9.71 Å². The number of nitrogens with one attached hydrogen (secondary N) is 1. The first-order valence-electron chi connectivity index (χ1n) is 3.47. The van der Waals surface area contributed by atoms with Gasteiger partial charge in [0.25, 0.3) is 5.69 Å². The molecule has 0 unspecified atom stereocenters. The predicted octanol–water partition coefficient (Wildman–Crippen LogP) is 0.361. The summed E-state index contributed by atoms with van der Waals surface area (Å²) in [5.41, 5.74) is -0.191. The molecule has 0 amide bonds. The molecule has 0 radical (unpaired) electrons.